The van der Waals surface area contributed by atoms with E-state index in [0.29, 0.717) is 12.0 Å². The minimum Gasteiger partial charge on any atom is -0.317 e. The highest BCUT2D eigenvalue weighted by atomic mass is 35.5. The Hall–Kier alpha value is -0.570. The van der Waals surface area contributed by atoms with Crippen molar-refractivity contribution in [1.82, 2.24) is 10.2 Å². The van der Waals surface area contributed by atoms with Crippen molar-refractivity contribution in [2.24, 2.45) is 5.92 Å². The van der Waals surface area contributed by atoms with Crippen LogP contribution in [0.1, 0.15) is 45.6 Å². The number of benzene rings is 1. The van der Waals surface area contributed by atoms with Crippen molar-refractivity contribution >= 4 is 11.6 Å². The minimum absolute atomic E-state index is 0.168. The van der Waals surface area contributed by atoms with E-state index in [1.807, 2.05) is 12.1 Å². The Kier molecular flexibility index (Phi) is 5.70. The van der Waals surface area contributed by atoms with Crippen molar-refractivity contribution in [1.29, 1.82) is 0 Å². The Morgan fingerprint density at radius 3 is 2.33 bits per heavy atom. The van der Waals surface area contributed by atoms with E-state index in [4.69, 9.17) is 11.6 Å². The van der Waals surface area contributed by atoms with E-state index in [1.165, 1.54) is 24.8 Å². The van der Waals surface area contributed by atoms with Crippen LogP contribution in [-0.2, 0) is 5.54 Å². The Morgan fingerprint density at radius 1 is 1.24 bits per heavy atom. The third kappa shape index (κ3) is 3.28. The summed E-state index contributed by atoms with van der Waals surface area (Å²) in [6.07, 6.45) is 3.66. The van der Waals surface area contributed by atoms with Crippen LogP contribution in [0.15, 0.2) is 24.3 Å². The Morgan fingerprint density at radius 2 is 1.86 bits per heavy atom. The van der Waals surface area contributed by atoms with E-state index >= 15 is 0 Å². The van der Waals surface area contributed by atoms with Crippen LogP contribution < -0.4 is 5.32 Å². The smallest absolute Gasteiger partial charge is 0.0464 e. The number of rotatable bonds is 5. The van der Waals surface area contributed by atoms with Crippen molar-refractivity contribution in [2.75, 3.05) is 20.1 Å². The maximum Gasteiger partial charge on any atom is 0.0464 e. The SMILES string of the molecule is CCN(CC)C1(c2ccc(Cl)cc2)CCC(NC)C(C)C1. The zero-order chi connectivity index (χ0) is 15.5. The molecule has 1 saturated carbocycles. The van der Waals surface area contributed by atoms with Gasteiger partial charge in [-0.15, -0.1) is 0 Å². The molecule has 3 atom stereocenters. The van der Waals surface area contributed by atoms with Gasteiger partial charge in [0.2, 0.25) is 0 Å². The molecular formula is C18H29ClN2. The molecule has 0 bridgehead atoms. The first-order valence-corrected chi connectivity index (χ1v) is 8.63. The summed E-state index contributed by atoms with van der Waals surface area (Å²) in [7, 11) is 2.09. The molecule has 1 N–H and O–H groups in total. The van der Waals surface area contributed by atoms with Gasteiger partial charge in [-0.05, 0) is 63.0 Å². The lowest BCUT2D eigenvalue weighted by Crippen LogP contribution is -2.53. The highest BCUT2D eigenvalue weighted by molar-refractivity contribution is 6.30. The van der Waals surface area contributed by atoms with Gasteiger partial charge in [-0.25, -0.2) is 0 Å². The second kappa shape index (κ2) is 7.13. The van der Waals surface area contributed by atoms with Gasteiger partial charge in [0.1, 0.15) is 0 Å². The maximum absolute atomic E-state index is 6.09. The molecule has 0 aliphatic heterocycles. The monoisotopic (exact) mass is 308 g/mol. The van der Waals surface area contributed by atoms with Crippen LogP contribution in [0.4, 0.5) is 0 Å². The predicted octanol–water partition coefficient (Wildman–Crippen LogP) is 4.29. The topological polar surface area (TPSA) is 15.3 Å². The lowest BCUT2D eigenvalue weighted by atomic mass is 9.69. The molecule has 0 radical (unpaired) electrons. The summed E-state index contributed by atoms with van der Waals surface area (Å²) in [4.78, 5) is 2.64. The number of nitrogens with one attached hydrogen (secondary N) is 1. The standard InChI is InChI=1S/C18H29ClN2/c1-5-21(6-2)18(15-7-9-16(19)10-8-15)12-11-17(20-4)14(3)13-18/h7-10,14,17,20H,5-6,11-13H2,1-4H3. The van der Waals surface area contributed by atoms with Crippen LogP contribution in [0.2, 0.25) is 5.02 Å². The van der Waals surface area contributed by atoms with Crippen LogP contribution in [0, 0.1) is 5.92 Å². The molecule has 0 saturated heterocycles. The molecular weight excluding hydrogens is 280 g/mol. The highest BCUT2D eigenvalue weighted by Gasteiger charge is 2.43. The van der Waals surface area contributed by atoms with Gasteiger partial charge in [0.15, 0.2) is 0 Å². The van der Waals surface area contributed by atoms with Crippen LogP contribution in [-0.4, -0.2) is 31.1 Å². The molecule has 1 aromatic rings. The van der Waals surface area contributed by atoms with E-state index in [0.717, 1.165) is 18.1 Å². The number of halogens is 1. The second-order valence-corrected chi connectivity index (χ2v) is 6.76. The fraction of sp³-hybridized carbons (Fsp3) is 0.667. The molecule has 2 rings (SSSR count). The van der Waals surface area contributed by atoms with Crippen LogP contribution in [0.25, 0.3) is 0 Å². The summed E-state index contributed by atoms with van der Waals surface area (Å²) in [5.74, 6) is 0.681. The van der Waals surface area contributed by atoms with Crippen LogP contribution in [0.3, 0.4) is 0 Å². The summed E-state index contributed by atoms with van der Waals surface area (Å²) in [6.45, 7) is 9.12. The highest BCUT2D eigenvalue weighted by Crippen LogP contribution is 2.44. The molecule has 21 heavy (non-hydrogen) atoms. The Bertz CT molecular complexity index is 441. The molecule has 1 aliphatic rings. The van der Waals surface area contributed by atoms with Crippen molar-refractivity contribution in [3.8, 4) is 0 Å². The predicted molar refractivity (Wildman–Crippen MR) is 91.9 cm³/mol. The molecule has 3 unspecified atom stereocenters. The summed E-state index contributed by atoms with van der Waals surface area (Å²) < 4.78 is 0. The molecule has 118 valence electrons. The van der Waals surface area contributed by atoms with Gasteiger partial charge < -0.3 is 5.32 Å². The van der Waals surface area contributed by atoms with Gasteiger partial charge in [0.05, 0.1) is 0 Å². The van der Waals surface area contributed by atoms with Gasteiger partial charge >= 0.3 is 0 Å². The summed E-state index contributed by atoms with van der Waals surface area (Å²) >= 11 is 6.09. The van der Waals surface area contributed by atoms with E-state index in [2.05, 4.69) is 50.2 Å². The summed E-state index contributed by atoms with van der Waals surface area (Å²) in [6, 6.07) is 9.18. The molecule has 1 fully saturated rings. The molecule has 1 aromatic carbocycles. The van der Waals surface area contributed by atoms with E-state index in [1.54, 1.807) is 0 Å². The molecule has 0 amide bonds. The fourth-order valence-corrected chi connectivity index (χ4v) is 4.33. The number of nitrogens with zero attached hydrogens (tertiary/aromatic N) is 1. The zero-order valence-corrected chi connectivity index (χ0v) is 14.6. The van der Waals surface area contributed by atoms with Gasteiger partial charge in [-0.2, -0.15) is 0 Å². The molecule has 1 aliphatic carbocycles. The average molecular weight is 309 g/mol. The maximum atomic E-state index is 6.09. The molecule has 0 spiro atoms. The third-order valence-corrected chi connectivity index (χ3v) is 5.59. The molecule has 3 heteroatoms. The van der Waals surface area contributed by atoms with E-state index < -0.39 is 0 Å². The lowest BCUT2D eigenvalue weighted by Gasteiger charge is -2.50. The van der Waals surface area contributed by atoms with Crippen molar-refractivity contribution in [3.63, 3.8) is 0 Å². The minimum atomic E-state index is 0.168. The normalized spacial score (nSPS) is 29.8. The summed E-state index contributed by atoms with van der Waals surface area (Å²) in [5.41, 5.74) is 1.60. The van der Waals surface area contributed by atoms with Gasteiger partial charge in [0, 0.05) is 16.6 Å². The largest absolute Gasteiger partial charge is 0.317 e. The van der Waals surface area contributed by atoms with E-state index in [9.17, 15) is 0 Å². The van der Waals surface area contributed by atoms with Gasteiger partial charge in [-0.1, -0.05) is 44.5 Å². The average Bonchev–Trinajstić information content (AvgIpc) is 2.49. The quantitative estimate of drug-likeness (QED) is 0.873. The van der Waals surface area contributed by atoms with Crippen molar-refractivity contribution in [2.45, 2.75) is 51.6 Å². The molecule has 2 nitrogen and oxygen atoms in total. The third-order valence-electron chi connectivity index (χ3n) is 5.34. The molecule has 0 heterocycles. The number of hydrogen-bond donors (Lipinski definition) is 1. The van der Waals surface area contributed by atoms with Gasteiger partial charge in [-0.3, -0.25) is 4.90 Å². The number of hydrogen-bond acceptors (Lipinski definition) is 2. The second-order valence-electron chi connectivity index (χ2n) is 6.33. The Labute approximate surface area is 134 Å². The fourth-order valence-electron chi connectivity index (χ4n) is 4.21. The lowest BCUT2D eigenvalue weighted by molar-refractivity contribution is 0.0253. The van der Waals surface area contributed by atoms with Crippen molar-refractivity contribution in [3.05, 3.63) is 34.9 Å². The summed E-state index contributed by atoms with van der Waals surface area (Å²) in [5, 5.41) is 4.31. The molecule has 0 aromatic heterocycles. The van der Waals surface area contributed by atoms with Gasteiger partial charge in [0.25, 0.3) is 0 Å². The van der Waals surface area contributed by atoms with Crippen LogP contribution in [0.5, 0.6) is 0 Å². The van der Waals surface area contributed by atoms with E-state index in [-0.39, 0.29) is 5.54 Å². The first-order chi connectivity index (χ1) is 10.1. The first kappa shape index (κ1) is 16.8. The first-order valence-electron chi connectivity index (χ1n) is 8.25. The van der Waals surface area contributed by atoms with Crippen LogP contribution >= 0.6 is 11.6 Å². The Balaban J connectivity index is 2.38. The van der Waals surface area contributed by atoms with Crippen molar-refractivity contribution < 1.29 is 0 Å². The zero-order valence-electron chi connectivity index (χ0n) is 13.8.